The fourth-order valence-electron chi connectivity index (χ4n) is 10.7. The Bertz CT molecular complexity index is 5270. The Morgan fingerprint density at radius 3 is 0.705 bits per heavy atom. The second kappa shape index (κ2) is 54.9. The molecule has 0 saturated heterocycles. The maximum Gasteiger partial charge on any atom is 0.224 e. The summed E-state index contributed by atoms with van der Waals surface area (Å²) in [5, 5.41) is 6.96. The largest absolute Gasteiger partial charge is 0.493 e. The van der Waals surface area contributed by atoms with Gasteiger partial charge in [-0.25, -0.2) is 34.9 Å². The van der Waals surface area contributed by atoms with Gasteiger partial charge < -0.3 is 154 Å². The van der Waals surface area contributed by atoms with E-state index in [-0.39, 0.29) is 11.9 Å². The minimum Gasteiger partial charge on any atom is -0.493 e. The molecular weight excluding hydrogens is 1660 g/mol. The molecule has 686 valence electrons. The molecule has 5 aromatic heterocycles. The molecule has 0 saturated carbocycles. The lowest BCUT2D eigenvalue weighted by Crippen LogP contribution is -2.01. The van der Waals surface area contributed by atoms with Crippen LogP contribution in [-0.4, -0.2) is 56.7 Å². The van der Waals surface area contributed by atoms with Crippen molar-refractivity contribution in [2.24, 2.45) is 0 Å². The molecule has 16 aromatic rings. The van der Waals surface area contributed by atoms with Crippen molar-refractivity contribution in [3.8, 4) is 16.9 Å². The first-order valence-corrected chi connectivity index (χ1v) is 40.7. The SMILES string of the molecule is Nc1cc(N)c(N)cc1N.Nc1cc(N)ncn1.Nc1ccc(-c2ccc(N)c(N)c2)cc1N.Nc1ccc(CCCc2ccc(N)cc2)cc1.Nc1ccc(CCOc2ccc(N)cc2)cc1.Nc1ccc(CCc2ccc(N)cc2)cc1.Nc1ccc(CCc2ccc(N)cc2)cc1.Nc1ccc(N)nc1.Nc1ccc(N)nn1.Nc1cnc(N)cn1.Nc1ncnc(N)n1. The highest BCUT2D eigenvalue weighted by Crippen LogP contribution is 2.29. The van der Waals surface area contributed by atoms with E-state index in [1.165, 1.54) is 76.3 Å². The topological polar surface area (TPSA) is 815 Å². The molecule has 37 nitrogen and oxygen atoms in total. The molecule has 11 aromatic carbocycles. The van der Waals surface area contributed by atoms with Gasteiger partial charge in [-0.3, -0.25) is 0 Å². The lowest BCUT2D eigenvalue weighted by Gasteiger charge is -2.07. The van der Waals surface area contributed by atoms with E-state index < -0.39 is 0 Å². The summed E-state index contributed by atoms with van der Waals surface area (Å²) in [6, 6.07) is 85.8. The number of hydrogen-bond acceptors (Lipinski definition) is 37. The van der Waals surface area contributed by atoms with Crippen molar-refractivity contribution >= 4 is 149 Å². The molecule has 0 spiro atoms. The van der Waals surface area contributed by atoms with Gasteiger partial charge in [0.05, 0.1) is 76.4 Å². The Morgan fingerprint density at radius 2 is 0.455 bits per heavy atom. The van der Waals surface area contributed by atoms with Crippen LogP contribution in [0.1, 0.15) is 45.4 Å². The van der Waals surface area contributed by atoms with Gasteiger partial charge in [-0.15, -0.1) is 10.2 Å². The Labute approximate surface area is 767 Å². The van der Waals surface area contributed by atoms with Crippen LogP contribution < -0.4 is 154 Å². The highest BCUT2D eigenvalue weighted by molar-refractivity contribution is 5.80. The Hall–Kier alpha value is -18.6. The number of benzene rings is 11. The third-order valence-corrected chi connectivity index (χ3v) is 18.1. The predicted octanol–water partition coefficient (Wildman–Crippen LogP) is 10.7. The molecule has 0 aliphatic carbocycles. The lowest BCUT2D eigenvalue weighted by molar-refractivity contribution is 0.322. The minimum atomic E-state index is 0.150. The summed E-state index contributed by atoms with van der Waals surface area (Å²) in [6.45, 7) is 0.647. The monoisotopic (exact) mass is 1780 g/mol. The molecule has 37 heteroatoms. The quantitative estimate of drug-likeness (QED) is 0.0424. The Balaban J connectivity index is 0.000000226. The summed E-state index contributed by atoms with van der Waals surface area (Å²) in [5.74, 6) is 4.00. The summed E-state index contributed by atoms with van der Waals surface area (Å²) in [4.78, 5) is 28.9. The van der Waals surface area contributed by atoms with E-state index in [4.69, 9.17) is 154 Å². The first kappa shape index (κ1) is 102. The predicted molar refractivity (Wildman–Crippen MR) is 551 cm³/mol. The summed E-state index contributed by atoms with van der Waals surface area (Å²) in [5.41, 5.74) is 164. The molecule has 0 atom stereocenters. The number of ether oxygens (including phenoxy) is 1. The zero-order valence-corrected chi connectivity index (χ0v) is 73.1. The fraction of sp³-hybridized carbons (Fsp3) is 0.0947. The van der Waals surface area contributed by atoms with Crippen molar-refractivity contribution < 1.29 is 4.74 Å². The molecule has 0 aliphatic rings. The van der Waals surface area contributed by atoms with Gasteiger partial charge in [-0.2, -0.15) is 4.98 Å². The molecule has 16 rings (SSSR count). The van der Waals surface area contributed by atoms with E-state index in [1.54, 1.807) is 48.5 Å². The molecule has 0 radical (unpaired) electrons. The van der Waals surface area contributed by atoms with E-state index in [9.17, 15) is 0 Å². The average molecular weight is 1780 g/mol. The summed E-state index contributed by atoms with van der Waals surface area (Å²) in [6.07, 6.45) is 15.2. The number of nitrogens with two attached hydrogens (primary N) is 26. The van der Waals surface area contributed by atoms with Crippen LogP contribution in [-0.2, 0) is 44.9 Å². The van der Waals surface area contributed by atoms with Gasteiger partial charge in [0.2, 0.25) is 11.9 Å². The van der Waals surface area contributed by atoms with E-state index in [2.05, 4.69) is 123 Å². The number of aryl methyl sites for hydroxylation is 6. The third-order valence-electron chi connectivity index (χ3n) is 18.1. The smallest absolute Gasteiger partial charge is 0.224 e. The second-order valence-electron chi connectivity index (χ2n) is 28.8. The van der Waals surface area contributed by atoms with Crippen molar-refractivity contribution in [2.75, 3.05) is 156 Å². The Kier molecular flexibility index (Phi) is 42.5. The minimum absolute atomic E-state index is 0.150. The zero-order valence-electron chi connectivity index (χ0n) is 73.1. The van der Waals surface area contributed by atoms with Gasteiger partial charge in [0, 0.05) is 58.0 Å². The zero-order chi connectivity index (χ0) is 96.3. The highest BCUT2D eigenvalue weighted by Gasteiger charge is 2.06. The summed E-state index contributed by atoms with van der Waals surface area (Å²) in [7, 11) is 0. The van der Waals surface area contributed by atoms with E-state index in [0.717, 1.165) is 114 Å². The number of nitrogen functional groups attached to an aromatic ring is 26. The first-order chi connectivity index (χ1) is 63.1. The normalized spacial score (nSPS) is 9.82. The van der Waals surface area contributed by atoms with Crippen molar-refractivity contribution in [2.45, 2.75) is 51.4 Å². The number of aromatic nitrogens is 10. The van der Waals surface area contributed by atoms with Gasteiger partial charge in [0.25, 0.3) is 0 Å². The van der Waals surface area contributed by atoms with Crippen molar-refractivity contribution in [3.05, 3.63) is 343 Å². The number of anilines is 26. The Morgan fingerprint density at radius 1 is 0.189 bits per heavy atom. The molecule has 0 fully saturated rings. The van der Waals surface area contributed by atoms with Gasteiger partial charge in [-0.1, -0.05) is 97.1 Å². The second-order valence-corrected chi connectivity index (χ2v) is 28.8. The van der Waals surface area contributed by atoms with Crippen LogP contribution in [0.2, 0.25) is 0 Å². The standard InChI is InChI=1S/C15H18N2.C14H16N2O.2C14H16N2.C12H14N4.C6H10N4.C5H7N3.3C4H6N4.C3H5N5/c16-14-8-4-12(5-9-14)2-1-3-13-6-10-15(17)11-7-13;15-12-3-1-11(2-4-12)9-10-17-14-7-5-13(16)6-8-14;2*15-13-7-3-11(4-8-13)1-2-12-5-9-14(16)10-6-12;13-9-3-1-7(5-11(9)15)8-2-4-10(14)12(16)6-8;7-3-1-4(8)6(10)2-5(3)9;6-4-1-2-5(7)8-3-4;5-3-1-7-4(6)2-8-3;5-3-1-4(6)8-2-7-3;5-3-1-2-4(6)8-7-3;4-2-6-1-7-3(5)8-2/h4-11H,1-3,16-17H2;1-8H,9-10,15-16H2;2*3-10H,1-2,15-16H2;1-6H,13-16H2;1-2H,7-10H2;1-3H,6H2,(H2,7,8);1-2H,(H2,6,7)(H2,5,8);1-2H,(H4,5,6,7,8);1-2H,(H2,5,7)(H2,6,8);1H,(H4,4,5,6,7,8). The number of pyridine rings is 1. The van der Waals surface area contributed by atoms with Crippen molar-refractivity contribution in [1.82, 2.24) is 50.1 Å². The maximum absolute atomic E-state index is 5.74. The highest BCUT2D eigenvalue weighted by atomic mass is 16.5. The molecule has 52 N–H and O–H groups in total. The van der Waals surface area contributed by atoms with Crippen LogP contribution in [0, 0.1) is 0 Å². The van der Waals surface area contributed by atoms with Crippen LogP contribution in [0.3, 0.4) is 0 Å². The number of hydrogen-bond donors (Lipinski definition) is 26. The van der Waals surface area contributed by atoms with E-state index in [0.29, 0.717) is 98.5 Å². The third kappa shape index (κ3) is 42.2. The lowest BCUT2D eigenvalue weighted by atomic mass is 10.0. The molecule has 0 aliphatic heterocycles. The van der Waals surface area contributed by atoms with Crippen molar-refractivity contribution in [3.63, 3.8) is 0 Å². The van der Waals surface area contributed by atoms with Gasteiger partial charge in [0.1, 0.15) is 59.1 Å². The van der Waals surface area contributed by atoms with Gasteiger partial charge in [0.15, 0.2) is 0 Å². The first-order valence-electron chi connectivity index (χ1n) is 40.7. The van der Waals surface area contributed by atoms with Crippen LogP contribution in [0.25, 0.3) is 11.1 Å². The molecule has 0 amide bonds. The van der Waals surface area contributed by atoms with E-state index >= 15 is 0 Å². The average Bonchev–Trinajstić information content (AvgIpc) is 0.829. The van der Waals surface area contributed by atoms with Crippen LogP contribution in [0.15, 0.2) is 304 Å². The van der Waals surface area contributed by atoms with Gasteiger partial charge >= 0.3 is 0 Å². The van der Waals surface area contributed by atoms with Crippen LogP contribution >= 0.6 is 0 Å². The molecular formula is C95H120N36O. The molecule has 0 unspecified atom stereocenters. The van der Waals surface area contributed by atoms with Crippen LogP contribution in [0.4, 0.5) is 149 Å². The molecule has 0 bridgehead atoms. The summed E-state index contributed by atoms with van der Waals surface area (Å²) >= 11 is 0. The molecule has 132 heavy (non-hydrogen) atoms. The fourth-order valence-corrected chi connectivity index (χ4v) is 10.7. The van der Waals surface area contributed by atoms with Crippen LogP contribution in [0.5, 0.6) is 5.75 Å². The van der Waals surface area contributed by atoms with Gasteiger partial charge in [-0.05, 0) is 265 Å². The van der Waals surface area contributed by atoms with E-state index in [1.807, 2.05) is 146 Å². The molecule has 5 heterocycles. The number of nitrogens with zero attached hydrogens (tertiary/aromatic N) is 10. The van der Waals surface area contributed by atoms with Crippen molar-refractivity contribution in [1.29, 1.82) is 0 Å². The number of rotatable bonds is 15. The maximum atomic E-state index is 5.74. The summed E-state index contributed by atoms with van der Waals surface area (Å²) < 4.78 is 5.61.